The van der Waals surface area contributed by atoms with Gasteiger partial charge in [0.1, 0.15) is 59.1 Å². The Balaban J connectivity index is 0.000000113. The lowest BCUT2D eigenvalue weighted by molar-refractivity contribution is -0.111. The monoisotopic (exact) mass is 1350 g/mol. The number of hydrogen-bond donors (Lipinski definition) is 0. The smallest absolute Gasteiger partial charge is 0.142 e. The van der Waals surface area contributed by atoms with Gasteiger partial charge in [0, 0.05) is 136 Å². The van der Waals surface area contributed by atoms with Crippen LogP contribution in [0.25, 0.3) is 90.1 Å². The first-order chi connectivity index (χ1) is 45.6. The van der Waals surface area contributed by atoms with Crippen LogP contribution in [0.4, 0.5) is 17.6 Å². The van der Waals surface area contributed by atoms with E-state index < -0.39 is 0 Å². The van der Waals surface area contributed by atoms with Crippen LogP contribution >= 0.6 is 22.6 Å². The van der Waals surface area contributed by atoms with Crippen LogP contribution in [0.15, 0.2) is 195 Å². The summed E-state index contributed by atoms with van der Waals surface area (Å²) in [6.07, 6.45) is 23.4. The predicted molar refractivity (Wildman–Crippen MR) is 354 cm³/mol. The van der Waals surface area contributed by atoms with E-state index in [0.29, 0.717) is 12.5 Å². The van der Waals surface area contributed by atoms with Gasteiger partial charge in [0.25, 0.3) is 0 Å². The van der Waals surface area contributed by atoms with Crippen molar-refractivity contribution in [2.75, 3.05) is 4.43 Å². The molecule has 12 aromatic rings. The number of nitrogens with zero attached hydrogens (tertiary/aromatic N) is 13. The van der Waals surface area contributed by atoms with Crippen LogP contribution < -0.4 is 0 Å². The summed E-state index contributed by atoms with van der Waals surface area (Å²) in [6.45, 7) is 0. The van der Waals surface area contributed by atoms with E-state index in [-0.39, 0.29) is 41.4 Å². The molecule has 4 aromatic carbocycles. The number of benzene rings is 4. The second-order valence-electron chi connectivity index (χ2n) is 22.7. The van der Waals surface area contributed by atoms with Crippen LogP contribution in [0, 0.1) is 34.6 Å². The van der Waals surface area contributed by atoms with Crippen molar-refractivity contribution >= 4 is 35.2 Å². The Bertz CT molecular complexity index is 4490. The van der Waals surface area contributed by atoms with Gasteiger partial charge in [-0.05, 0) is 171 Å². The molecule has 20 heteroatoms. The van der Waals surface area contributed by atoms with Gasteiger partial charge in [0.15, 0.2) is 0 Å². The molecule has 0 spiro atoms. The second-order valence-corrected chi connectivity index (χ2v) is 23.6. The SMILES string of the molecule is Fc1ccc(-c2nc3n(c2-c2ccncc2)[C@H](CI)CC3)cc1.N#CC[C@@H]1CCc2nc(-c3ccc(F)cc3)c(-c3ccncc3)n21.O=C[C@@H]1CCc2nc(-c3ccc(F)cc3)c(-c3ccncc3)n21.O=C[C@H]1CCc2nc(-c3ccc(F)cc3)c(-c3ccncc3)n21. The number of imidazole rings is 4. The highest BCUT2D eigenvalue weighted by atomic mass is 127. The minimum atomic E-state index is -0.281. The maximum Gasteiger partial charge on any atom is 0.142 e. The number of aryl methyl sites for hydroxylation is 4. The fourth-order valence-electron chi connectivity index (χ4n) is 12.9. The lowest BCUT2D eigenvalue weighted by Crippen LogP contribution is -2.07. The van der Waals surface area contributed by atoms with Crippen LogP contribution in [0.2, 0.25) is 0 Å². The predicted octanol–water partition coefficient (Wildman–Crippen LogP) is 15.7. The maximum absolute atomic E-state index is 13.3. The molecule has 16 rings (SSSR count). The molecule has 0 radical (unpaired) electrons. The number of pyridine rings is 4. The minimum Gasteiger partial charge on any atom is -0.324 e. The van der Waals surface area contributed by atoms with Crippen molar-refractivity contribution in [1.29, 1.82) is 5.26 Å². The Hall–Kier alpha value is -10.4. The number of carbonyl (C=O) groups is 2. The molecule has 0 N–H and O–H groups in total. The van der Waals surface area contributed by atoms with Crippen LogP contribution in [0.3, 0.4) is 0 Å². The molecule has 0 bridgehead atoms. The van der Waals surface area contributed by atoms with Gasteiger partial charge in [-0.15, -0.1) is 0 Å². The van der Waals surface area contributed by atoms with Gasteiger partial charge in [-0.25, -0.2) is 37.5 Å². The van der Waals surface area contributed by atoms with Crippen molar-refractivity contribution < 1.29 is 27.2 Å². The first-order valence-corrected chi connectivity index (χ1v) is 32.1. The quantitative estimate of drug-likeness (QED) is 0.0491. The van der Waals surface area contributed by atoms with Gasteiger partial charge < -0.3 is 27.9 Å². The zero-order valence-corrected chi connectivity index (χ0v) is 52.2. The first kappa shape index (κ1) is 61.5. The normalized spacial score (nSPS) is 16.3. The molecule has 8 aromatic heterocycles. The number of alkyl halides is 1. The number of halogens is 5. The number of nitriles is 1. The molecule has 0 saturated carbocycles. The molecule has 0 aliphatic carbocycles. The summed E-state index contributed by atoms with van der Waals surface area (Å²) in [4.78, 5) is 58.3. The zero-order chi connectivity index (χ0) is 64.0. The molecule has 4 aliphatic heterocycles. The van der Waals surface area contributed by atoms with E-state index in [1.54, 1.807) is 98.1 Å². The van der Waals surface area contributed by atoms with Crippen molar-refractivity contribution in [2.45, 2.75) is 82.0 Å². The van der Waals surface area contributed by atoms with Crippen molar-refractivity contribution in [3.05, 3.63) is 242 Å². The first-order valence-electron chi connectivity index (χ1n) is 30.5. The fourth-order valence-corrected chi connectivity index (χ4v) is 13.7. The van der Waals surface area contributed by atoms with Gasteiger partial charge in [0.05, 0.1) is 70.1 Å². The zero-order valence-electron chi connectivity index (χ0n) is 50.0. The summed E-state index contributed by atoms with van der Waals surface area (Å²) in [7, 11) is 0. The molecular weight excluding hydrogens is 1290 g/mol. The molecular formula is C73H58F4IN13O2. The van der Waals surface area contributed by atoms with Crippen molar-refractivity contribution in [3.8, 4) is 96.1 Å². The summed E-state index contributed by atoms with van der Waals surface area (Å²) in [5, 5.41) is 9.13. The maximum atomic E-state index is 13.3. The molecule has 0 saturated heterocycles. The average Bonchev–Trinajstić information content (AvgIpc) is 1.64. The van der Waals surface area contributed by atoms with Crippen LogP contribution in [-0.2, 0) is 35.3 Å². The summed E-state index contributed by atoms with van der Waals surface area (Å²) in [5.41, 5.74) is 14.7. The molecule has 12 heterocycles. The molecule has 462 valence electrons. The third-order valence-electron chi connectivity index (χ3n) is 17.2. The molecule has 4 atom stereocenters. The van der Waals surface area contributed by atoms with E-state index in [2.05, 4.69) is 57.7 Å². The number of carbonyl (C=O) groups excluding carboxylic acids is 2. The standard InChI is InChI=1S/C19H15FN4.C18H15FIN3.2C18H14FN3O/c20-15-3-1-13(2-4-15)18-19(14-8-11-22-12-9-14)24-16(7-10-21)5-6-17(24)23-18;19-14-3-1-12(2-4-14)17-18(13-7-9-21-10-8-13)23-15(11-20)5-6-16(23)22-17;2*19-14-3-1-12(2-4-14)17-18(13-7-9-20-10-8-13)22-15(11-23)5-6-16(22)21-17/h1-4,8-9,11-12,16H,5-7H2;1-4,7-10,15H,5-6,11H2;2*1-4,7-11,15H,5-6H2/t16-;3*15-/m0010/s1. The van der Waals surface area contributed by atoms with Crippen molar-refractivity contribution in [1.82, 2.24) is 58.1 Å². The van der Waals surface area contributed by atoms with E-state index in [9.17, 15) is 27.2 Å². The van der Waals surface area contributed by atoms with Gasteiger partial charge in [-0.2, -0.15) is 5.26 Å². The Morgan fingerprint density at radius 2 is 0.634 bits per heavy atom. The molecule has 93 heavy (non-hydrogen) atoms. The molecule has 15 nitrogen and oxygen atoms in total. The van der Waals surface area contributed by atoms with Crippen molar-refractivity contribution in [3.63, 3.8) is 0 Å². The number of rotatable bonds is 12. The summed E-state index contributed by atoms with van der Waals surface area (Å²) >= 11 is 2.44. The average molecular weight is 1350 g/mol. The summed E-state index contributed by atoms with van der Waals surface area (Å²) in [6, 6.07) is 43.5. The van der Waals surface area contributed by atoms with E-state index in [0.717, 1.165) is 182 Å². The van der Waals surface area contributed by atoms with Crippen LogP contribution in [0.5, 0.6) is 0 Å². The minimum absolute atomic E-state index is 0.134. The Labute approximate surface area is 546 Å². The van der Waals surface area contributed by atoms with E-state index in [4.69, 9.17) is 25.2 Å². The van der Waals surface area contributed by atoms with Crippen LogP contribution in [0.1, 0.15) is 79.6 Å². The van der Waals surface area contributed by atoms with Gasteiger partial charge >= 0.3 is 0 Å². The highest BCUT2D eigenvalue weighted by molar-refractivity contribution is 14.1. The van der Waals surface area contributed by atoms with Crippen molar-refractivity contribution in [2.24, 2.45) is 0 Å². The van der Waals surface area contributed by atoms with Crippen LogP contribution in [-0.4, -0.2) is 75.1 Å². The molecule has 0 unspecified atom stereocenters. The fraction of sp³-hybridized carbons (Fsp3) is 0.192. The number of aromatic nitrogens is 12. The largest absolute Gasteiger partial charge is 0.324 e. The Morgan fingerprint density at radius 3 is 0.914 bits per heavy atom. The molecule has 0 amide bonds. The lowest BCUT2D eigenvalue weighted by Gasteiger charge is -2.15. The van der Waals surface area contributed by atoms with Gasteiger partial charge in [0.2, 0.25) is 0 Å². The second kappa shape index (κ2) is 27.6. The van der Waals surface area contributed by atoms with E-state index in [1.807, 2.05) is 57.7 Å². The number of aldehydes is 2. The highest BCUT2D eigenvalue weighted by Gasteiger charge is 2.34. The van der Waals surface area contributed by atoms with E-state index >= 15 is 0 Å². The van der Waals surface area contributed by atoms with E-state index in [1.165, 1.54) is 48.5 Å². The molecule has 0 fully saturated rings. The summed E-state index contributed by atoms with van der Waals surface area (Å²) < 4.78 is 62.6. The lowest BCUT2D eigenvalue weighted by atomic mass is 10.0. The van der Waals surface area contributed by atoms with Gasteiger partial charge in [-0.3, -0.25) is 19.9 Å². The topological polar surface area (TPSA) is 181 Å². The Morgan fingerprint density at radius 1 is 0.376 bits per heavy atom. The summed E-state index contributed by atoms with van der Waals surface area (Å²) in [5.74, 6) is 2.85. The van der Waals surface area contributed by atoms with Gasteiger partial charge in [-0.1, -0.05) is 22.6 Å². The third-order valence-corrected chi connectivity index (χ3v) is 18.2. The number of fused-ring (bicyclic) bond motifs is 4. The third kappa shape index (κ3) is 12.6. The number of hydrogen-bond acceptors (Lipinski definition) is 11. The highest BCUT2D eigenvalue weighted by Crippen LogP contribution is 2.44. The Kier molecular flexibility index (Phi) is 18.2. The molecule has 4 aliphatic rings.